The van der Waals surface area contributed by atoms with Crippen molar-refractivity contribution in [1.82, 2.24) is 0 Å². The second-order valence-corrected chi connectivity index (χ2v) is 3.88. The molecule has 2 N–H and O–H groups in total. The van der Waals surface area contributed by atoms with Gasteiger partial charge >= 0.3 is 12.1 Å². The van der Waals surface area contributed by atoms with E-state index in [9.17, 15) is 18.0 Å². The number of carbonyl (C=O) groups excluding carboxylic acids is 1. The molecule has 0 fully saturated rings. The SMILES string of the molecule is CCCOC(=O)C(C)(C)[C@H](N)C(F)(F)F. The highest BCUT2D eigenvalue weighted by atomic mass is 19.4. The summed E-state index contributed by atoms with van der Waals surface area (Å²) in [7, 11) is 0. The minimum absolute atomic E-state index is 0.104. The van der Waals surface area contributed by atoms with Crippen molar-refractivity contribution in [3.05, 3.63) is 0 Å². The smallest absolute Gasteiger partial charge is 0.404 e. The summed E-state index contributed by atoms with van der Waals surface area (Å²) < 4.78 is 41.5. The van der Waals surface area contributed by atoms with Crippen LogP contribution in [0, 0.1) is 5.41 Å². The predicted molar refractivity (Wildman–Crippen MR) is 49.1 cm³/mol. The first-order valence-electron chi connectivity index (χ1n) is 4.63. The number of rotatable bonds is 4. The van der Waals surface area contributed by atoms with Crippen molar-refractivity contribution in [1.29, 1.82) is 0 Å². The summed E-state index contributed by atoms with van der Waals surface area (Å²) in [6.07, 6.45) is -4.04. The van der Waals surface area contributed by atoms with Gasteiger partial charge < -0.3 is 10.5 Å². The number of hydrogen-bond donors (Lipinski definition) is 1. The molecule has 3 nitrogen and oxygen atoms in total. The van der Waals surface area contributed by atoms with Gasteiger partial charge in [-0.15, -0.1) is 0 Å². The van der Waals surface area contributed by atoms with Crippen LogP contribution in [0.2, 0.25) is 0 Å². The Hall–Kier alpha value is -0.780. The third kappa shape index (κ3) is 3.70. The van der Waals surface area contributed by atoms with Crippen LogP contribution in [0.1, 0.15) is 27.2 Å². The fourth-order valence-electron chi connectivity index (χ4n) is 0.917. The molecule has 0 aliphatic rings. The number of halogens is 3. The maximum absolute atomic E-state index is 12.3. The summed E-state index contributed by atoms with van der Waals surface area (Å²) in [4.78, 5) is 11.3. The Kier molecular flexibility index (Phi) is 4.58. The number of carbonyl (C=O) groups is 1. The van der Waals surface area contributed by atoms with E-state index in [4.69, 9.17) is 5.73 Å². The normalized spacial score (nSPS) is 14.9. The van der Waals surface area contributed by atoms with Crippen LogP contribution in [0.4, 0.5) is 13.2 Å². The lowest BCUT2D eigenvalue weighted by Crippen LogP contribution is -2.53. The van der Waals surface area contributed by atoms with Crippen molar-refractivity contribution in [2.75, 3.05) is 6.61 Å². The monoisotopic (exact) mass is 227 g/mol. The quantitative estimate of drug-likeness (QED) is 0.746. The molecule has 0 amide bonds. The Morgan fingerprint density at radius 1 is 1.40 bits per heavy atom. The molecule has 1 atom stereocenters. The molecule has 0 aliphatic heterocycles. The van der Waals surface area contributed by atoms with E-state index in [2.05, 4.69) is 4.74 Å². The molecule has 0 spiro atoms. The Balaban J connectivity index is 4.59. The largest absolute Gasteiger partial charge is 0.465 e. The maximum Gasteiger partial charge on any atom is 0.404 e. The molecular weight excluding hydrogens is 211 g/mol. The summed E-state index contributed by atoms with van der Waals surface area (Å²) >= 11 is 0. The van der Waals surface area contributed by atoms with Crippen molar-refractivity contribution in [3.63, 3.8) is 0 Å². The second-order valence-electron chi connectivity index (χ2n) is 3.88. The Morgan fingerprint density at radius 2 is 1.87 bits per heavy atom. The van der Waals surface area contributed by atoms with Gasteiger partial charge in [-0.2, -0.15) is 13.2 Å². The third-order valence-corrected chi connectivity index (χ3v) is 2.09. The molecule has 90 valence electrons. The fourth-order valence-corrected chi connectivity index (χ4v) is 0.917. The summed E-state index contributed by atoms with van der Waals surface area (Å²) in [5.74, 6) is -0.922. The van der Waals surface area contributed by atoms with Gasteiger partial charge in [0.05, 0.1) is 12.0 Å². The van der Waals surface area contributed by atoms with Crippen molar-refractivity contribution < 1.29 is 22.7 Å². The van der Waals surface area contributed by atoms with Crippen molar-refractivity contribution >= 4 is 5.97 Å². The third-order valence-electron chi connectivity index (χ3n) is 2.09. The van der Waals surface area contributed by atoms with E-state index in [0.29, 0.717) is 6.42 Å². The maximum atomic E-state index is 12.3. The van der Waals surface area contributed by atoms with Crippen LogP contribution in [0.3, 0.4) is 0 Å². The van der Waals surface area contributed by atoms with Gasteiger partial charge in [0.1, 0.15) is 6.04 Å². The minimum Gasteiger partial charge on any atom is -0.465 e. The molecule has 0 unspecified atom stereocenters. The molecule has 15 heavy (non-hydrogen) atoms. The second kappa shape index (κ2) is 4.83. The van der Waals surface area contributed by atoms with E-state index in [1.54, 1.807) is 6.92 Å². The average molecular weight is 227 g/mol. The van der Waals surface area contributed by atoms with Gasteiger partial charge in [0, 0.05) is 0 Å². The zero-order valence-electron chi connectivity index (χ0n) is 9.02. The molecule has 0 bridgehead atoms. The molecule has 0 aromatic rings. The first kappa shape index (κ1) is 14.2. The van der Waals surface area contributed by atoms with Gasteiger partial charge in [-0.1, -0.05) is 6.92 Å². The van der Waals surface area contributed by atoms with E-state index < -0.39 is 23.6 Å². The topological polar surface area (TPSA) is 52.3 Å². The van der Waals surface area contributed by atoms with Crippen LogP contribution in [0.5, 0.6) is 0 Å². The average Bonchev–Trinajstić information content (AvgIpc) is 2.11. The van der Waals surface area contributed by atoms with E-state index in [1.165, 1.54) is 0 Å². The lowest BCUT2D eigenvalue weighted by Gasteiger charge is -2.30. The molecule has 0 aliphatic carbocycles. The van der Waals surface area contributed by atoms with Crippen LogP contribution in [0.15, 0.2) is 0 Å². The molecule has 0 saturated heterocycles. The zero-order chi connectivity index (χ0) is 12.3. The molecule has 0 aromatic heterocycles. The number of nitrogens with two attached hydrogens (primary N) is 1. The first-order chi connectivity index (χ1) is 6.64. The molecule has 6 heteroatoms. The van der Waals surface area contributed by atoms with Crippen LogP contribution in [-0.2, 0) is 9.53 Å². The number of alkyl halides is 3. The summed E-state index contributed by atoms with van der Waals surface area (Å²) in [6.45, 7) is 4.11. The van der Waals surface area contributed by atoms with E-state index in [-0.39, 0.29) is 6.61 Å². The van der Waals surface area contributed by atoms with Crippen molar-refractivity contribution in [3.8, 4) is 0 Å². The predicted octanol–water partition coefficient (Wildman–Crippen LogP) is 1.86. The lowest BCUT2D eigenvalue weighted by atomic mass is 9.84. The Labute approximate surface area is 86.8 Å². The minimum atomic E-state index is -4.60. The molecular formula is C9H16F3NO2. The molecule has 0 saturated carbocycles. The first-order valence-corrected chi connectivity index (χ1v) is 4.63. The van der Waals surface area contributed by atoms with Crippen molar-refractivity contribution in [2.24, 2.45) is 11.1 Å². The number of ether oxygens (including phenoxy) is 1. The van der Waals surface area contributed by atoms with Gasteiger partial charge in [-0.05, 0) is 20.3 Å². The fraction of sp³-hybridized carbons (Fsp3) is 0.889. The summed E-state index contributed by atoms with van der Waals surface area (Å²) in [5, 5.41) is 0. The highest BCUT2D eigenvalue weighted by Gasteiger charge is 2.51. The van der Waals surface area contributed by atoms with Crippen LogP contribution < -0.4 is 5.73 Å². The van der Waals surface area contributed by atoms with Gasteiger partial charge in [0.2, 0.25) is 0 Å². The Bertz CT molecular complexity index is 226. The highest BCUT2D eigenvalue weighted by Crippen LogP contribution is 2.33. The molecule has 0 heterocycles. The Morgan fingerprint density at radius 3 is 2.20 bits per heavy atom. The molecule has 0 radical (unpaired) electrons. The molecule has 0 rings (SSSR count). The van der Waals surface area contributed by atoms with E-state index >= 15 is 0 Å². The van der Waals surface area contributed by atoms with Gasteiger partial charge in [0.15, 0.2) is 0 Å². The lowest BCUT2D eigenvalue weighted by molar-refractivity contribution is -0.188. The summed E-state index contributed by atoms with van der Waals surface area (Å²) in [6, 6.07) is -2.21. The molecule has 0 aromatic carbocycles. The standard InChI is InChI=1S/C9H16F3NO2/c1-4-5-15-7(14)8(2,3)6(13)9(10,11)12/h6H,4-5,13H2,1-3H3/t6-/m0/s1. The number of esters is 1. The van der Waals surface area contributed by atoms with Gasteiger partial charge in [-0.3, -0.25) is 4.79 Å². The van der Waals surface area contributed by atoms with Crippen LogP contribution in [-0.4, -0.2) is 24.8 Å². The number of hydrogen-bond acceptors (Lipinski definition) is 3. The zero-order valence-corrected chi connectivity index (χ0v) is 9.02. The van der Waals surface area contributed by atoms with Gasteiger partial charge in [0.25, 0.3) is 0 Å². The summed E-state index contributed by atoms with van der Waals surface area (Å²) in [5.41, 5.74) is 3.22. The van der Waals surface area contributed by atoms with Crippen LogP contribution >= 0.6 is 0 Å². The van der Waals surface area contributed by atoms with Crippen molar-refractivity contribution in [2.45, 2.75) is 39.4 Å². The van der Waals surface area contributed by atoms with Gasteiger partial charge in [-0.25, -0.2) is 0 Å². The van der Waals surface area contributed by atoms with E-state index in [0.717, 1.165) is 13.8 Å². The highest BCUT2D eigenvalue weighted by molar-refractivity contribution is 5.77. The van der Waals surface area contributed by atoms with E-state index in [1.807, 2.05) is 0 Å². The van der Waals surface area contributed by atoms with Crippen LogP contribution in [0.25, 0.3) is 0 Å².